The smallest absolute Gasteiger partial charge is 0.136 e. The van der Waals surface area contributed by atoms with Crippen molar-refractivity contribution in [3.63, 3.8) is 0 Å². The van der Waals surface area contributed by atoms with Crippen molar-refractivity contribution in [2.45, 2.75) is 5.41 Å². The molecule has 0 fully saturated rings. The molecule has 12 rings (SSSR count). The lowest BCUT2D eigenvalue weighted by molar-refractivity contribution is 0.436. The average Bonchev–Trinajstić information content (AvgIpc) is 3.86. The van der Waals surface area contributed by atoms with Crippen molar-refractivity contribution < 1.29 is 9.15 Å². The predicted molar refractivity (Wildman–Crippen MR) is 215 cm³/mol. The number of hydrogen-bond acceptors (Lipinski definition) is 3. The number of rotatable bonds is 2. The van der Waals surface area contributed by atoms with Gasteiger partial charge in [-0.25, -0.2) is 0 Å². The summed E-state index contributed by atoms with van der Waals surface area (Å²) in [5, 5.41) is 4.89. The van der Waals surface area contributed by atoms with Crippen LogP contribution in [0.4, 0.5) is 0 Å². The average molecular weight is 681 g/mol. The molecule has 0 amide bonds. The van der Waals surface area contributed by atoms with E-state index in [0.717, 1.165) is 33.6 Å². The third-order valence-electron chi connectivity index (χ3n) is 11.4. The minimum Gasteiger partial charge on any atom is -0.457 e. The van der Waals surface area contributed by atoms with Crippen LogP contribution in [0.25, 0.3) is 75.5 Å². The van der Waals surface area contributed by atoms with Gasteiger partial charge in [0.05, 0.1) is 5.41 Å². The summed E-state index contributed by atoms with van der Waals surface area (Å²) >= 11 is 1.86. The molecule has 0 radical (unpaired) electrons. The predicted octanol–water partition coefficient (Wildman–Crippen LogP) is 13.8. The number of para-hydroxylation sites is 2. The first-order valence-electron chi connectivity index (χ1n) is 17.7. The molecule has 2 nitrogen and oxygen atoms in total. The van der Waals surface area contributed by atoms with Gasteiger partial charge >= 0.3 is 0 Å². The lowest BCUT2D eigenvalue weighted by Gasteiger charge is -2.39. The molecule has 3 heterocycles. The van der Waals surface area contributed by atoms with E-state index in [0.29, 0.717) is 0 Å². The van der Waals surface area contributed by atoms with Gasteiger partial charge < -0.3 is 9.15 Å². The van der Waals surface area contributed by atoms with Gasteiger partial charge in [-0.2, -0.15) is 0 Å². The van der Waals surface area contributed by atoms with Gasteiger partial charge in [-0.15, -0.1) is 11.3 Å². The third-order valence-corrected chi connectivity index (χ3v) is 12.5. The van der Waals surface area contributed by atoms with Crippen molar-refractivity contribution in [1.82, 2.24) is 0 Å². The minimum absolute atomic E-state index is 0.448. The molecule has 0 saturated carbocycles. The lowest BCUT2D eigenvalue weighted by Crippen LogP contribution is -2.32. The van der Waals surface area contributed by atoms with Crippen LogP contribution in [0, 0.1) is 0 Å². The van der Waals surface area contributed by atoms with Crippen LogP contribution in [0.1, 0.15) is 22.3 Å². The molecule has 52 heavy (non-hydrogen) atoms. The maximum atomic E-state index is 6.79. The van der Waals surface area contributed by atoms with Gasteiger partial charge in [0.2, 0.25) is 0 Å². The fraction of sp³-hybridized carbons (Fsp3) is 0.0204. The minimum atomic E-state index is -0.448. The van der Waals surface area contributed by atoms with Crippen LogP contribution < -0.4 is 4.74 Å². The Balaban J connectivity index is 0.997. The Morgan fingerprint density at radius 2 is 0.962 bits per heavy atom. The van der Waals surface area contributed by atoms with E-state index in [4.69, 9.17) is 9.15 Å². The molecule has 0 bridgehead atoms. The quantitative estimate of drug-likeness (QED) is 0.181. The Bertz CT molecular complexity index is 3080. The van der Waals surface area contributed by atoms with E-state index in [9.17, 15) is 0 Å². The van der Waals surface area contributed by atoms with E-state index in [2.05, 4.69) is 158 Å². The molecular formula is C49H28O2S. The van der Waals surface area contributed by atoms with Crippen molar-refractivity contribution in [2.75, 3.05) is 0 Å². The Labute approximate surface area is 303 Å². The molecule has 8 aromatic carbocycles. The van der Waals surface area contributed by atoms with E-state index in [1.807, 2.05) is 23.5 Å². The van der Waals surface area contributed by atoms with Crippen LogP contribution in [-0.4, -0.2) is 0 Å². The van der Waals surface area contributed by atoms with Crippen LogP contribution in [0.15, 0.2) is 174 Å². The topological polar surface area (TPSA) is 22.4 Å². The zero-order chi connectivity index (χ0) is 34.0. The maximum absolute atomic E-state index is 6.79. The molecule has 10 aromatic rings. The van der Waals surface area contributed by atoms with Gasteiger partial charge in [0.15, 0.2) is 0 Å². The molecular weight excluding hydrogens is 653 g/mol. The van der Waals surface area contributed by atoms with E-state index >= 15 is 0 Å². The molecule has 3 heteroatoms. The largest absolute Gasteiger partial charge is 0.457 e. The van der Waals surface area contributed by atoms with Gasteiger partial charge in [-0.05, 0) is 80.9 Å². The highest BCUT2D eigenvalue weighted by molar-refractivity contribution is 7.25. The molecule has 2 aromatic heterocycles. The Hall–Kier alpha value is -6.42. The molecule has 0 atom stereocenters. The van der Waals surface area contributed by atoms with E-state index < -0.39 is 5.41 Å². The number of hydrogen-bond donors (Lipinski definition) is 0. The Morgan fingerprint density at radius 1 is 0.385 bits per heavy atom. The summed E-state index contributed by atoms with van der Waals surface area (Å²) in [4.78, 5) is 0. The van der Waals surface area contributed by atoms with Crippen molar-refractivity contribution in [3.8, 4) is 44.9 Å². The fourth-order valence-corrected chi connectivity index (χ4v) is 10.4. The van der Waals surface area contributed by atoms with E-state index in [1.54, 1.807) is 0 Å². The van der Waals surface area contributed by atoms with Gasteiger partial charge in [-0.3, -0.25) is 0 Å². The van der Waals surface area contributed by atoms with Gasteiger partial charge in [0.25, 0.3) is 0 Å². The van der Waals surface area contributed by atoms with Gasteiger partial charge in [0.1, 0.15) is 22.7 Å². The molecule has 0 unspecified atom stereocenters. The summed E-state index contributed by atoms with van der Waals surface area (Å²) in [7, 11) is 0. The van der Waals surface area contributed by atoms with Crippen molar-refractivity contribution in [2.24, 2.45) is 0 Å². The van der Waals surface area contributed by atoms with Gasteiger partial charge in [-0.1, -0.05) is 133 Å². The normalized spacial score (nSPS) is 13.7. The van der Waals surface area contributed by atoms with Crippen LogP contribution in [0.5, 0.6) is 11.5 Å². The zero-order valence-electron chi connectivity index (χ0n) is 27.9. The van der Waals surface area contributed by atoms with Crippen LogP contribution >= 0.6 is 11.3 Å². The highest BCUT2D eigenvalue weighted by Gasteiger charge is 2.50. The number of furan rings is 1. The lowest BCUT2D eigenvalue weighted by atomic mass is 9.66. The summed E-state index contributed by atoms with van der Waals surface area (Å²) in [6.07, 6.45) is 0. The molecule has 0 saturated heterocycles. The number of thiophene rings is 1. The molecule has 1 aliphatic carbocycles. The van der Waals surface area contributed by atoms with Crippen LogP contribution in [-0.2, 0) is 5.41 Å². The number of fused-ring (bicyclic) bond motifs is 15. The summed E-state index contributed by atoms with van der Waals surface area (Å²) in [5.41, 5.74) is 13.7. The SMILES string of the molecule is c1ccc2c(c1)Oc1cc(-c3ccc4c(c3)sc3cc(-c5cccc6oc7ccccc7c56)ccc34)ccc1C21c2ccccc2-c2ccccc21. The van der Waals surface area contributed by atoms with Crippen molar-refractivity contribution in [3.05, 3.63) is 192 Å². The van der Waals surface area contributed by atoms with Crippen LogP contribution in [0.3, 0.4) is 0 Å². The first-order valence-corrected chi connectivity index (χ1v) is 18.6. The summed E-state index contributed by atoms with van der Waals surface area (Å²) in [5.74, 6) is 1.82. The first-order chi connectivity index (χ1) is 25.8. The van der Waals surface area contributed by atoms with E-state index in [1.165, 1.54) is 75.6 Å². The maximum Gasteiger partial charge on any atom is 0.136 e. The zero-order valence-corrected chi connectivity index (χ0v) is 28.7. The van der Waals surface area contributed by atoms with E-state index in [-0.39, 0.29) is 0 Å². The number of benzene rings is 8. The Morgan fingerprint density at radius 3 is 1.77 bits per heavy atom. The fourth-order valence-electron chi connectivity index (χ4n) is 9.18. The highest BCUT2D eigenvalue weighted by Crippen LogP contribution is 2.62. The second-order valence-electron chi connectivity index (χ2n) is 14.0. The highest BCUT2D eigenvalue weighted by atomic mass is 32.1. The molecule has 1 spiro atoms. The molecule has 1 aliphatic heterocycles. The standard InChI is InChI=1S/C49H28O2S/c1-4-14-38-33(10-1)34-11-2-5-15-39(34)49(38)40-16-6-8-18-43(40)51-45-26-29(22-25-41(45)49)30-20-23-35-36-24-21-31(28-47(36)52-46(35)27-30)32-13-9-19-44-48(32)37-12-3-7-17-42(37)50-44/h1-28H. The second-order valence-corrected chi connectivity index (χ2v) is 15.0. The monoisotopic (exact) mass is 680 g/mol. The summed E-state index contributed by atoms with van der Waals surface area (Å²) < 4.78 is 15.6. The van der Waals surface area contributed by atoms with Crippen LogP contribution in [0.2, 0.25) is 0 Å². The van der Waals surface area contributed by atoms with Crippen molar-refractivity contribution >= 4 is 53.4 Å². The molecule has 0 N–H and O–H groups in total. The third kappa shape index (κ3) is 3.68. The Kier molecular flexibility index (Phi) is 5.62. The summed E-state index contributed by atoms with van der Waals surface area (Å²) in [6, 6.07) is 61.6. The first kappa shape index (κ1) is 28.3. The van der Waals surface area contributed by atoms with Gasteiger partial charge in [0, 0.05) is 42.1 Å². The summed E-state index contributed by atoms with van der Waals surface area (Å²) in [6.45, 7) is 0. The second kappa shape index (κ2) is 10.3. The van der Waals surface area contributed by atoms with Crippen molar-refractivity contribution in [1.29, 1.82) is 0 Å². The molecule has 2 aliphatic rings. The molecule has 242 valence electrons. The number of ether oxygens (including phenoxy) is 1.